The highest BCUT2D eigenvalue weighted by Crippen LogP contribution is 2.16. The molecule has 0 saturated carbocycles. The second kappa shape index (κ2) is 49.3. The fourth-order valence-corrected chi connectivity index (χ4v) is 11.2. The zero-order valence-electron chi connectivity index (χ0n) is 63.8. The normalized spacial score (nSPS) is 15.2. The molecule has 0 heterocycles. The van der Waals surface area contributed by atoms with Gasteiger partial charge in [0.05, 0.1) is 44.4 Å². The van der Waals surface area contributed by atoms with E-state index in [2.05, 4.69) is 69.1 Å². The molecule has 0 unspecified atom stereocenters. The van der Waals surface area contributed by atoms with Crippen LogP contribution in [0.1, 0.15) is 131 Å². The van der Waals surface area contributed by atoms with Crippen molar-refractivity contribution < 1.29 is 96.5 Å². The Morgan fingerprint density at radius 1 is 0.414 bits per heavy atom. The molecule has 0 saturated heterocycles. The highest BCUT2D eigenvalue weighted by Gasteiger charge is 2.40. The number of benzene rings is 2. The van der Waals surface area contributed by atoms with Crippen LogP contribution in [0, 0.1) is 17.8 Å². The van der Waals surface area contributed by atoms with Crippen LogP contribution >= 0.6 is 11.8 Å². The zero-order valence-corrected chi connectivity index (χ0v) is 64.6. The zero-order chi connectivity index (χ0) is 83.9. The van der Waals surface area contributed by atoms with E-state index in [-0.39, 0.29) is 45.1 Å². The van der Waals surface area contributed by atoms with Gasteiger partial charge in [-0.2, -0.15) is 11.8 Å². The summed E-state index contributed by atoms with van der Waals surface area (Å²) in [4.78, 5) is 242. The maximum absolute atomic E-state index is 14.7. The first kappa shape index (κ1) is 96.2. The Morgan fingerprint density at radius 2 is 0.784 bits per heavy atom. The number of hydrogen-bond donors (Lipinski definition) is 21. The molecular formula is C71H111N19O20S. The number of carbonyl (C=O) groups excluding carboxylic acids is 17. The van der Waals surface area contributed by atoms with E-state index in [1.807, 2.05) is 0 Å². The molecule has 0 fully saturated rings. The highest BCUT2D eigenvalue weighted by atomic mass is 32.2. The molecule has 2 aromatic rings. The smallest absolute Gasteiger partial charge is 0.305 e. The molecule has 0 spiro atoms. The topological polar surface area (TPSA) is 660 Å². The summed E-state index contributed by atoms with van der Waals surface area (Å²) in [6, 6.07) is -4.23. The van der Waals surface area contributed by atoms with Gasteiger partial charge in [0.15, 0.2) is 0 Å². The lowest BCUT2D eigenvalue weighted by Crippen LogP contribution is -2.62. The SMILES string of the molecule is CC[C@H](C)[C@H](NC(=O)[C@H](CCSC)NC(=O)[C@H](C)NC(=O)[C@H](CCCCN)NC(=O)[C@H](Cc1ccccc1)NC(=O)[C@H](CC(C)C)NC(=O)[C@@H](NC(=O)[C@H](CC(N)=O)NC(=O)[C@H](CC(=O)O)NC(=O)[C@H](CC(N)=O)NC(=O)[C@@H](N)C(C)C)[C@@H](C)O)C(=O)N[C@@H](Cc1ccccc1)C(=O)N[C@@H](CC(N)=O)C(=O)NCC(N)=O. The Kier molecular flexibility index (Phi) is 42.7. The van der Waals surface area contributed by atoms with Crippen molar-refractivity contribution in [3.8, 4) is 0 Å². The number of carboxylic acid groups (broad SMARTS) is 1. The molecular weight excluding hydrogens is 1470 g/mol. The molecule has 616 valence electrons. The number of primary amides is 4. The Morgan fingerprint density at radius 3 is 1.22 bits per heavy atom. The third-order valence-electron chi connectivity index (χ3n) is 17.2. The van der Waals surface area contributed by atoms with E-state index in [9.17, 15) is 96.5 Å². The summed E-state index contributed by atoms with van der Waals surface area (Å²) in [5.41, 5.74) is 34.0. The van der Waals surface area contributed by atoms with Crippen molar-refractivity contribution in [1.29, 1.82) is 0 Å². The van der Waals surface area contributed by atoms with E-state index in [4.69, 9.17) is 34.4 Å². The summed E-state index contributed by atoms with van der Waals surface area (Å²) in [5.74, 6) is -20.7. The Bertz CT molecular complexity index is 3540. The lowest BCUT2D eigenvalue weighted by Gasteiger charge is -2.29. The molecule has 0 aliphatic rings. The average Bonchev–Trinajstić information content (AvgIpc) is 0.851. The molecule has 2 rings (SSSR count). The van der Waals surface area contributed by atoms with E-state index in [1.54, 1.807) is 108 Å². The molecule has 0 aliphatic carbocycles. The first-order chi connectivity index (χ1) is 52.1. The minimum absolute atomic E-state index is 0.00646. The molecule has 15 atom stereocenters. The van der Waals surface area contributed by atoms with Crippen LogP contribution in [0.4, 0.5) is 0 Å². The third kappa shape index (κ3) is 36.0. The Labute approximate surface area is 647 Å². The number of unbranched alkanes of at least 4 members (excludes halogenated alkanes) is 1. The van der Waals surface area contributed by atoms with E-state index < -0.39 is 241 Å². The van der Waals surface area contributed by atoms with Crippen molar-refractivity contribution in [2.24, 2.45) is 52.2 Å². The largest absolute Gasteiger partial charge is 0.481 e. The summed E-state index contributed by atoms with van der Waals surface area (Å²) in [5, 5.41) is 52.2. The van der Waals surface area contributed by atoms with E-state index in [1.165, 1.54) is 18.7 Å². The summed E-state index contributed by atoms with van der Waals surface area (Å²) in [7, 11) is 0. The van der Waals surface area contributed by atoms with Crippen LogP contribution in [-0.4, -0.2) is 226 Å². The monoisotopic (exact) mass is 1580 g/mol. The average molecular weight is 1580 g/mol. The number of thioether (sulfide) groups is 1. The minimum atomic E-state index is -2.09. The van der Waals surface area contributed by atoms with Crippen LogP contribution in [0.2, 0.25) is 0 Å². The third-order valence-corrected chi connectivity index (χ3v) is 17.8. The van der Waals surface area contributed by atoms with Gasteiger partial charge in [0.2, 0.25) is 100 Å². The molecule has 2 aromatic carbocycles. The number of rotatable bonds is 52. The Hall–Kier alpha value is -10.9. The molecule has 27 N–H and O–H groups in total. The highest BCUT2D eigenvalue weighted by molar-refractivity contribution is 7.98. The van der Waals surface area contributed by atoms with E-state index >= 15 is 0 Å². The molecule has 39 nitrogen and oxygen atoms in total. The van der Waals surface area contributed by atoms with Crippen molar-refractivity contribution in [1.82, 2.24) is 69.1 Å². The van der Waals surface area contributed by atoms with Crippen LogP contribution in [0.5, 0.6) is 0 Å². The van der Waals surface area contributed by atoms with Crippen LogP contribution in [0.3, 0.4) is 0 Å². The number of amides is 17. The van der Waals surface area contributed by atoms with Gasteiger partial charge in [0, 0.05) is 12.8 Å². The number of carbonyl (C=O) groups is 18. The molecule has 17 amide bonds. The van der Waals surface area contributed by atoms with Gasteiger partial charge in [-0.05, 0) is 93.4 Å². The number of aliphatic hydroxyl groups is 1. The summed E-state index contributed by atoms with van der Waals surface area (Å²) < 4.78 is 0. The first-order valence-electron chi connectivity index (χ1n) is 36.1. The summed E-state index contributed by atoms with van der Waals surface area (Å²) >= 11 is 1.32. The van der Waals surface area contributed by atoms with Crippen molar-refractivity contribution in [3.05, 3.63) is 71.8 Å². The molecule has 40 heteroatoms. The van der Waals surface area contributed by atoms with E-state index in [0.29, 0.717) is 29.7 Å². The molecule has 0 radical (unpaired) electrons. The number of hydrogen-bond acceptors (Lipinski definition) is 22. The predicted molar refractivity (Wildman–Crippen MR) is 404 cm³/mol. The van der Waals surface area contributed by atoms with Gasteiger partial charge in [-0.25, -0.2) is 0 Å². The number of nitrogens with one attached hydrogen (secondary N) is 13. The fraction of sp³-hybridized carbons (Fsp3) is 0.577. The molecule has 0 aromatic heterocycles. The van der Waals surface area contributed by atoms with Crippen LogP contribution in [-0.2, 0) is 99.1 Å². The van der Waals surface area contributed by atoms with Crippen LogP contribution in [0.25, 0.3) is 0 Å². The van der Waals surface area contributed by atoms with Gasteiger partial charge in [-0.1, -0.05) is 109 Å². The lowest BCUT2D eigenvalue weighted by molar-refractivity contribution is -0.142. The lowest BCUT2D eigenvalue weighted by atomic mass is 9.96. The summed E-state index contributed by atoms with van der Waals surface area (Å²) in [6.07, 6.45) is -3.57. The van der Waals surface area contributed by atoms with E-state index in [0.717, 1.165) is 6.92 Å². The van der Waals surface area contributed by atoms with Gasteiger partial charge in [-0.15, -0.1) is 0 Å². The first-order valence-corrected chi connectivity index (χ1v) is 37.5. The van der Waals surface area contributed by atoms with Crippen molar-refractivity contribution in [2.75, 3.05) is 25.1 Å². The second-order valence-corrected chi connectivity index (χ2v) is 28.5. The predicted octanol–water partition coefficient (Wildman–Crippen LogP) is -6.65. The van der Waals surface area contributed by atoms with Crippen LogP contribution < -0.4 is 104 Å². The quantitative estimate of drug-likeness (QED) is 0.0274. The van der Waals surface area contributed by atoms with Crippen molar-refractivity contribution in [2.45, 2.75) is 217 Å². The van der Waals surface area contributed by atoms with Gasteiger partial charge < -0.3 is 114 Å². The number of aliphatic carboxylic acids is 1. The second-order valence-electron chi connectivity index (χ2n) is 27.5. The number of carboxylic acids is 1. The molecule has 111 heavy (non-hydrogen) atoms. The van der Waals surface area contributed by atoms with Crippen molar-refractivity contribution >= 4 is 118 Å². The Balaban J connectivity index is 2.50. The maximum Gasteiger partial charge on any atom is 0.305 e. The fourth-order valence-electron chi connectivity index (χ4n) is 10.7. The minimum Gasteiger partial charge on any atom is -0.481 e. The molecule has 0 aliphatic heterocycles. The maximum atomic E-state index is 14.7. The van der Waals surface area contributed by atoms with Gasteiger partial charge in [-0.3, -0.25) is 86.3 Å². The van der Waals surface area contributed by atoms with Gasteiger partial charge >= 0.3 is 5.97 Å². The van der Waals surface area contributed by atoms with Crippen molar-refractivity contribution in [3.63, 3.8) is 0 Å². The summed E-state index contributed by atoms with van der Waals surface area (Å²) in [6.45, 7) is 11.8. The number of nitrogens with two attached hydrogens (primary N) is 6. The standard InChI is InChI=1S/C71H111N19O20S/c1-10-37(6)57(70(109)88-46(29-41-21-15-12-16-22-41)65(104)83-47(30-51(73)92)60(99)78-34-54(76)95)89-62(101)43(24-26-111-9)80-59(98)38(7)79-61(100)42(23-17-18-25-72)81-64(103)45(28-40-19-13-11-14-20-40)82-63(102)44(27-35(2)3)87-71(110)58(39(8)91)90-68(107)49(32-53(75)94)84-67(106)50(33-55(96)97)85-66(105)48(31-52(74)93)86-69(108)56(77)36(4)5/h11-16,19-22,35-39,42-50,56-58,91H,10,17-18,23-34,72,77H2,1-9H3,(H2,73,92)(H2,74,93)(H2,75,94)(H2,76,95)(H,78,99)(H,79,100)(H,80,98)(H,81,103)(H,82,102)(H,83,104)(H,84,106)(H,85,105)(H,86,108)(H,87,110)(H,88,109)(H,89,101)(H,90,107)(H,96,97)/t37-,38-,39+,42-,43-,44-,45-,46-,47-,48-,49-,50-,56-,57-,58-/m0/s1. The number of aliphatic hydroxyl groups excluding tert-OH is 1. The van der Waals surface area contributed by atoms with Crippen LogP contribution in [0.15, 0.2) is 60.7 Å². The van der Waals surface area contributed by atoms with Gasteiger partial charge in [0.25, 0.3) is 0 Å². The molecule has 0 bridgehead atoms. The van der Waals surface area contributed by atoms with Gasteiger partial charge in [0.1, 0.15) is 72.5 Å².